The minimum absolute atomic E-state index is 0.132. The highest BCUT2D eigenvalue weighted by Crippen LogP contribution is 2.76. The molecular formula is C26H15Cl2F6NO4. The molecule has 1 aliphatic heterocycles. The molecule has 2 atom stereocenters. The Bertz CT molecular complexity index is 1390. The molecule has 204 valence electrons. The first-order chi connectivity index (χ1) is 18.1. The summed E-state index contributed by atoms with van der Waals surface area (Å²) >= 11 is 12.1. The second kappa shape index (κ2) is 8.79. The van der Waals surface area contributed by atoms with Crippen molar-refractivity contribution in [1.82, 2.24) is 0 Å². The molecule has 0 aromatic heterocycles. The van der Waals surface area contributed by atoms with Gasteiger partial charge in [0, 0.05) is 15.5 Å². The molecule has 1 saturated carbocycles. The van der Waals surface area contributed by atoms with E-state index in [1.54, 1.807) is 0 Å². The average molecular weight is 590 g/mol. The summed E-state index contributed by atoms with van der Waals surface area (Å²) in [6.07, 6.45) is -9.89. The van der Waals surface area contributed by atoms with Crippen LogP contribution in [0.1, 0.15) is 18.1 Å². The van der Waals surface area contributed by atoms with Crippen molar-refractivity contribution in [2.24, 2.45) is 11.3 Å². The van der Waals surface area contributed by atoms with Crippen molar-refractivity contribution in [2.75, 3.05) is 4.90 Å². The van der Waals surface area contributed by atoms with Gasteiger partial charge in [-0.2, -0.15) is 0 Å². The molecule has 39 heavy (non-hydrogen) atoms. The Morgan fingerprint density at radius 2 is 1.15 bits per heavy atom. The summed E-state index contributed by atoms with van der Waals surface area (Å²) in [6.45, 7) is 1.52. The van der Waals surface area contributed by atoms with Crippen molar-refractivity contribution < 1.29 is 45.4 Å². The van der Waals surface area contributed by atoms with Crippen LogP contribution in [0.3, 0.4) is 0 Å². The van der Waals surface area contributed by atoms with Gasteiger partial charge in [0.15, 0.2) is 0 Å². The SMILES string of the molecule is C[C@@]12C(=O)N(c3cc(Cl)cc(Cl)c3)C(=O)[C@@H]1C2(c1ccc(OC(F)(F)F)cc1)c1ccc(OC(F)(F)F)cc1. The van der Waals surface area contributed by atoms with Crippen molar-refractivity contribution in [3.8, 4) is 11.5 Å². The number of imide groups is 1. The second-order valence-corrected chi connectivity index (χ2v) is 10.1. The van der Waals surface area contributed by atoms with Gasteiger partial charge in [-0.1, -0.05) is 47.5 Å². The summed E-state index contributed by atoms with van der Waals surface area (Å²) in [5.74, 6) is -3.37. The molecule has 0 N–H and O–H groups in total. The first-order valence-electron chi connectivity index (χ1n) is 11.1. The minimum atomic E-state index is -4.94. The lowest BCUT2D eigenvalue weighted by Gasteiger charge is -2.30. The summed E-state index contributed by atoms with van der Waals surface area (Å²) in [6, 6.07) is 13.4. The Balaban J connectivity index is 1.60. The Labute approximate surface area is 226 Å². The number of carbonyl (C=O) groups is 2. The monoisotopic (exact) mass is 589 g/mol. The summed E-state index contributed by atoms with van der Waals surface area (Å²) in [5.41, 5.74) is -2.14. The molecule has 3 aromatic carbocycles. The van der Waals surface area contributed by atoms with E-state index in [2.05, 4.69) is 9.47 Å². The topological polar surface area (TPSA) is 55.8 Å². The minimum Gasteiger partial charge on any atom is -0.406 e. The molecule has 5 rings (SSSR count). The van der Waals surface area contributed by atoms with Gasteiger partial charge >= 0.3 is 12.7 Å². The van der Waals surface area contributed by atoms with Crippen LogP contribution in [0.2, 0.25) is 10.0 Å². The molecule has 0 radical (unpaired) electrons. The van der Waals surface area contributed by atoms with Crippen LogP contribution in [0.15, 0.2) is 66.7 Å². The van der Waals surface area contributed by atoms with E-state index < -0.39 is 52.8 Å². The fourth-order valence-electron chi connectivity index (χ4n) is 5.66. The van der Waals surface area contributed by atoms with Crippen molar-refractivity contribution >= 4 is 40.7 Å². The highest BCUT2D eigenvalue weighted by molar-refractivity contribution is 6.36. The maximum atomic E-state index is 13.8. The molecule has 0 unspecified atom stereocenters. The Hall–Kier alpha value is -3.44. The van der Waals surface area contributed by atoms with Crippen LogP contribution in [0.5, 0.6) is 11.5 Å². The fraction of sp³-hybridized carbons (Fsp3) is 0.231. The van der Waals surface area contributed by atoms with Gasteiger partial charge in [-0.3, -0.25) is 9.59 Å². The molecule has 2 fully saturated rings. The van der Waals surface area contributed by atoms with Gasteiger partial charge in [-0.05, 0) is 60.5 Å². The third kappa shape index (κ3) is 4.37. The smallest absolute Gasteiger partial charge is 0.406 e. The molecule has 1 heterocycles. The first-order valence-corrected chi connectivity index (χ1v) is 11.9. The summed E-state index contributed by atoms with van der Waals surface area (Å²) in [4.78, 5) is 28.5. The van der Waals surface area contributed by atoms with Crippen molar-refractivity contribution in [3.05, 3.63) is 87.9 Å². The van der Waals surface area contributed by atoms with Crippen molar-refractivity contribution in [2.45, 2.75) is 25.1 Å². The van der Waals surface area contributed by atoms with Gasteiger partial charge in [-0.15, -0.1) is 26.3 Å². The van der Waals surface area contributed by atoms with Gasteiger partial charge < -0.3 is 9.47 Å². The fourth-order valence-corrected chi connectivity index (χ4v) is 6.17. The number of alkyl halides is 6. The normalized spacial score (nSPS) is 22.1. The summed E-state index contributed by atoms with van der Waals surface area (Å²) in [5, 5.41) is 0.353. The molecule has 1 saturated heterocycles. The highest BCUT2D eigenvalue weighted by atomic mass is 35.5. The van der Waals surface area contributed by atoms with Crippen molar-refractivity contribution in [1.29, 1.82) is 0 Å². The molecule has 0 bridgehead atoms. The van der Waals surface area contributed by atoms with Gasteiger partial charge in [0.05, 0.1) is 17.0 Å². The standard InChI is InChI=1S/C26H15Cl2F6NO4/c1-23-20(21(36)35(22(23)37)17-11-15(27)10-16(28)12-17)24(23,13-2-6-18(7-3-13)38-25(29,30)31)14-4-8-19(9-5-14)39-26(32,33)34/h2-12,20H,1H3/t20-,23-/m0/s1. The van der Waals surface area contributed by atoms with Crippen LogP contribution in [0.25, 0.3) is 0 Å². The van der Waals surface area contributed by atoms with Crippen LogP contribution in [0.4, 0.5) is 32.0 Å². The molecular weight excluding hydrogens is 575 g/mol. The van der Waals surface area contributed by atoms with Crippen LogP contribution in [-0.2, 0) is 15.0 Å². The number of hydrogen-bond donors (Lipinski definition) is 0. The number of rotatable bonds is 5. The number of nitrogens with zero attached hydrogens (tertiary/aromatic N) is 1. The number of benzene rings is 3. The van der Waals surface area contributed by atoms with Crippen LogP contribution in [0, 0.1) is 11.3 Å². The van der Waals surface area contributed by atoms with Gasteiger partial charge in [0.2, 0.25) is 11.8 Å². The van der Waals surface area contributed by atoms with E-state index in [1.807, 2.05) is 0 Å². The van der Waals surface area contributed by atoms with E-state index in [-0.39, 0.29) is 15.7 Å². The molecule has 3 aromatic rings. The predicted octanol–water partition coefficient (Wildman–Crippen LogP) is 7.29. The number of hydrogen-bond acceptors (Lipinski definition) is 4. The van der Waals surface area contributed by atoms with Gasteiger partial charge in [0.1, 0.15) is 11.5 Å². The predicted molar refractivity (Wildman–Crippen MR) is 128 cm³/mol. The van der Waals surface area contributed by atoms with Crippen LogP contribution < -0.4 is 14.4 Å². The zero-order chi connectivity index (χ0) is 28.5. The number of anilines is 1. The van der Waals surface area contributed by atoms with Crippen LogP contribution in [-0.4, -0.2) is 24.5 Å². The van der Waals surface area contributed by atoms with Crippen LogP contribution >= 0.6 is 23.2 Å². The van der Waals surface area contributed by atoms with E-state index in [9.17, 15) is 35.9 Å². The lowest BCUT2D eigenvalue weighted by Crippen LogP contribution is -2.42. The summed E-state index contributed by atoms with van der Waals surface area (Å²) < 4.78 is 84.0. The molecule has 13 heteroatoms. The van der Waals surface area contributed by atoms with Crippen molar-refractivity contribution in [3.63, 3.8) is 0 Å². The Kier molecular flexibility index (Phi) is 6.11. The second-order valence-electron chi connectivity index (χ2n) is 9.19. The number of halogens is 8. The molecule has 1 aliphatic carbocycles. The Morgan fingerprint density at radius 1 is 0.744 bits per heavy atom. The summed E-state index contributed by atoms with van der Waals surface area (Å²) in [7, 11) is 0. The number of amides is 2. The highest BCUT2D eigenvalue weighted by Gasteiger charge is 2.86. The largest absolute Gasteiger partial charge is 0.573 e. The number of carbonyl (C=O) groups excluding carboxylic acids is 2. The van der Waals surface area contributed by atoms with Gasteiger partial charge in [-0.25, -0.2) is 4.90 Å². The third-order valence-electron chi connectivity index (χ3n) is 7.05. The molecule has 2 aliphatic rings. The van der Waals surface area contributed by atoms with E-state index in [0.717, 1.165) is 29.2 Å². The lowest BCUT2D eigenvalue weighted by molar-refractivity contribution is -0.275. The average Bonchev–Trinajstić information content (AvgIpc) is 3.31. The molecule has 2 amide bonds. The molecule has 0 spiro atoms. The maximum Gasteiger partial charge on any atom is 0.573 e. The number of ether oxygens (including phenoxy) is 2. The lowest BCUT2D eigenvalue weighted by atomic mass is 9.79. The maximum absolute atomic E-state index is 13.8. The zero-order valence-corrected chi connectivity index (χ0v) is 21.0. The third-order valence-corrected chi connectivity index (χ3v) is 7.49. The molecule has 5 nitrogen and oxygen atoms in total. The van der Waals surface area contributed by atoms with E-state index in [1.165, 1.54) is 49.4 Å². The van der Waals surface area contributed by atoms with Gasteiger partial charge in [0.25, 0.3) is 0 Å². The van der Waals surface area contributed by atoms with E-state index in [0.29, 0.717) is 11.1 Å². The number of fused-ring (bicyclic) bond motifs is 1. The van der Waals surface area contributed by atoms with E-state index in [4.69, 9.17) is 23.2 Å². The number of piperidine rings is 1. The van der Waals surface area contributed by atoms with E-state index >= 15 is 0 Å². The Morgan fingerprint density at radius 3 is 1.49 bits per heavy atom. The zero-order valence-electron chi connectivity index (χ0n) is 19.5. The first kappa shape index (κ1) is 27.1. The quantitative estimate of drug-likeness (QED) is 0.232.